The predicted octanol–water partition coefficient (Wildman–Crippen LogP) is 3.52. The van der Waals surface area contributed by atoms with Gasteiger partial charge in [0.1, 0.15) is 6.29 Å². The van der Waals surface area contributed by atoms with Gasteiger partial charge < -0.3 is 18.9 Å². The van der Waals surface area contributed by atoms with Crippen molar-refractivity contribution < 1.29 is 26.8 Å². The standard InChI is InChI=1S/C26H42ClN3O6SSi2/c1-26(2,25(35-38-4)36-39-5)11-13-30-12-8-23(29-30)28-24(31)20(16-18-9-14-34-15-10-18)19-6-7-22(21(27)17-19)37(3,32)33/h6-8,12,17-18,20,25H,9-11,13-16,38-39H2,1-5H3,(H,28,29,31). The third kappa shape index (κ3) is 9.23. The summed E-state index contributed by atoms with van der Waals surface area (Å²) in [7, 11) is -4.66. The van der Waals surface area contributed by atoms with Crippen molar-refractivity contribution in [2.75, 3.05) is 24.8 Å². The van der Waals surface area contributed by atoms with Crippen LogP contribution in [-0.2, 0) is 34.8 Å². The highest BCUT2D eigenvalue weighted by atomic mass is 35.5. The van der Waals surface area contributed by atoms with Crippen LogP contribution in [0.25, 0.3) is 0 Å². The average molecular weight is 616 g/mol. The molecule has 0 aliphatic carbocycles. The molecule has 2 aromatic rings. The maximum Gasteiger partial charge on any atom is 0.233 e. The number of aryl methyl sites for hydroxylation is 1. The van der Waals surface area contributed by atoms with Crippen molar-refractivity contribution in [3.05, 3.63) is 41.0 Å². The van der Waals surface area contributed by atoms with E-state index in [1.807, 2.05) is 10.9 Å². The van der Waals surface area contributed by atoms with Gasteiger partial charge in [-0.15, -0.1) is 0 Å². The molecule has 1 aromatic heterocycles. The molecule has 0 bridgehead atoms. The molecule has 1 aliphatic rings. The number of anilines is 1. The van der Waals surface area contributed by atoms with E-state index in [-0.39, 0.29) is 27.5 Å². The van der Waals surface area contributed by atoms with Crippen molar-refractivity contribution in [2.24, 2.45) is 11.3 Å². The number of nitrogens with one attached hydrogen (secondary N) is 1. The number of hydrogen-bond acceptors (Lipinski definition) is 7. The molecule has 218 valence electrons. The zero-order valence-electron chi connectivity index (χ0n) is 23.6. The lowest BCUT2D eigenvalue weighted by Crippen LogP contribution is -2.36. The largest absolute Gasteiger partial charge is 0.400 e. The lowest BCUT2D eigenvalue weighted by Gasteiger charge is -2.34. The lowest BCUT2D eigenvalue weighted by atomic mass is 9.84. The second kappa shape index (κ2) is 14.4. The maximum absolute atomic E-state index is 13.6. The number of benzene rings is 1. The molecule has 1 N–H and O–H groups in total. The van der Waals surface area contributed by atoms with E-state index in [0.29, 0.717) is 43.5 Å². The summed E-state index contributed by atoms with van der Waals surface area (Å²) in [4.78, 5) is 13.6. The molecule has 1 atom stereocenters. The van der Waals surface area contributed by atoms with Gasteiger partial charge in [0.2, 0.25) is 5.91 Å². The van der Waals surface area contributed by atoms with Gasteiger partial charge in [-0.05, 0) is 49.3 Å². The SMILES string of the molecule is C[SiH2]OC(O[SiH2]C)C(C)(C)CCn1ccc(NC(=O)C(CC2CCOCC2)c2ccc(S(C)(=O)=O)c(Cl)c2)n1. The minimum atomic E-state index is -3.47. The molecule has 1 saturated heterocycles. The van der Waals surface area contributed by atoms with E-state index < -0.39 is 35.3 Å². The van der Waals surface area contributed by atoms with Gasteiger partial charge in [-0.3, -0.25) is 9.48 Å². The Hall–Kier alpha value is -1.55. The van der Waals surface area contributed by atoms with Crippen molar-refractivity contribution >= 4 is 52.7 Å². The van der Waals surface area contributed by atoms with E-state index in [1.54, 1.807) is 18.2 Å². The van der Waals surface area contributed by atoms with Gasteiger partial charge in [0, 0.05) is 43.7 Å². The van der Waals surface area contributed by atoms with Crippen LogP contribution in [-0.4, -0.2) is 69.4 Å². The van der Waals surface area contributed by atoms with E-state index >= 15 is 0 Å². The quantitative estimate of drug-likeness (QED) is 0.256. The summed E-state index contributed by atoms with van der Waals surface area (Å²) in [5.41, 5.74) is 0.524. The molecule has 0 saturated carbocycles. The van der Waals surface area contributed by atoms with Crippen LogP contribution in [0.2, 0.25) is 18.1 Å². The van der Waals surface area contributed by atoms with E-state index in [0.717, 1.165) is 25.5 Å². The predicted molar refractivity (Wildman–Crippen MR) is 159 cm³/mol. The van der Waals surface area contributed by atoms with E-state index in [2.05, 4.69) is 37.4 Å². The number of ether oxygens (including phenoxy) is 1. The van der Waals surface area contributed by atoms with Crippen LogP contribution >= 0.6 is 11.6 Å². The van der Waals surface area contributed by atoms with Crippen LogP contribution in [0.5, 0.6) is 0 Å². The topological polar surface area (TPSA) is 109 Å². The van der Waals surface area contributed by atoms with E-state index in [1.165, 1.54) is 6.07 Å². The highest BCUT2D eigenvalue weighted by Crippen LogP contribution is 2.34. The molecular formula is C26H42ClN3O6SSi2. The first kappa shape index (κ1) is 32.0. The number of amides is 1. The van der Waals surface area contributed by atoms with Gasteiger partial charge in [-0.25, -0.2) is 8.42 Å². The molecule has 0 spiro atoms. The number of halogens is 1. The Kier molecular flexibility index (Phi) is 11.8. The summed E-state index contributed by atoms with van der Waals surface area (Å²) >= 11 is 6.34. The van der Waals surface area contributed by atoms with Crippen molar-refractivity contribution in [3.8, 4) is 0 Å². The van der Waals surface area contributed by atoms with Gasteiger partial charge in [0.15, 0.2) is 35.2 Å². The summed E-state index contributed by atoms with van der Waals surface area (Å²) < 4.78 is 43.4. The molecule has 1 unspecified atom stereocenters. The summed E-state index contributed by atoms with van der Waals surface area (Å²) in [5.74, 6) is 0.0877. The Morgan fingerprint density at radius 3 is 2.49 bits per heavy atom. The van der Waals surface area contributed by atoms with Crippen molar-refractivity contribution in [1.82, 2.24) is 9.78 Å². The fraction of sp³-hybridized carbons (Fsp3) is 0.615. The molecule has 1 fully saturated rings. The van der Waals surface area contributed by atoms with Crippen molar-refractivity contribution in [1.29, 1.82) is 0 Å². The number of hydrogen-bond donors (Lipinski definition) is 1. The Morgan fingerprint density at radius 2 is 1.90 bits per heavy atom. The van der Waals surface area contributed by atoms with Gasteiger partial charge in [0.25, 0.3) is 0 Å². The first-order valence-electron chi connectivity index (χ1n) is 13.6. The van der Waals surface area contributed by atoms with Crippen molar-refractivity contribution in [2.45, 2.75) is 76.3 Å². The molecule has 2 heterocycles. The zero-order chi connectivity index (χ0) is 28.6. The summed E-state index contributed by atoms with van der Waals surface area (Å²) in [5, 5.41) is 7.68. The number of sulfone groups is 1. The summed E-state index contributed by atoms with van der Waals surface area (Å²) in [6, 6.07) is 6.56. The third-order valence-corrected chi connectivity index (χ3v) is 9.99. The van der Waals surface area contributed by atoms with Gasteiger partial charge in [0.05, 0.1) is 15.8 Å². The van der Waals surface area contributed by atoms with E-state index in [4.69, 9.17) is 25.2 Å². The Morgan fingerprint density at radius 1 is 1.23 bits per heavy atom. The number of rotatable bonds is 14. The highest BCUT2D eigenvalue weighted by Gasteiger charge is 2.31. The number of aromatic nitrogens is 2. The van der Waals surface area contributed by atoms with Crippen molar-refractivity contribution in [3.63, 3.8) is 0 Å². The molecule has 1 aromatic carbocycles. The second-order valence-electron chi connectivity index (χ2n) is 10.7. The molecule has 39 heavy (non-hydrogen) atoms. The van der Waals surface area contributed by atoms with Crippen LogP contribution in [0.4, 0.5) is 5.82 Å². The lowest BCUT2D eigenvalue weighted by molar-refractivity contribution is -0.118. The minimum absolute atomic E-state index is 0.0559. The van der Waals surface area contributed by atoms with Gasteiger partial charge in [-0.2, -0.15) is 5.10 Å². The van der Waals surface area contributed by atoms with Crippen LogP contribution in [0.1, 0.15) is 51.0 Å². The van der Waals surface area contributed by atoms with Crippen LogP contribution < -0.4 is 5.32 Å². The first-order valence-corrected chi connectivity index (χ1v) is 19.8. The molecule has 13 heteroatoms. The Bertz CT molecular complexity index is 1200. The van der Waals surface area contributed by atoms with Crippen LogP contribution in [0, 0.1) is 11.3 Å². The third-order valence-electron chi connectivity index (χ3n) is 7.14. The van der Waals surface area contributed by atoms with Gasteiger partial charge >= 0.3 is 0 Å². The normalized spacial score (nSPS) is 17.3. The fourth-order valence-electron chi connectivity index (χ4n) is 4.83. The number of nitrogens with zero attached hydrogens (tertiary/aromatic N) is 2. The monoisotopic (exact) mass is 615 g/mol. The second-order valence-corrected chi connectivity index (χ2v) is 15.0. The molecule has 9 nitrogen and oxygen atoms in total. The van der Waals surface area contributed by atoms with Crippen LogP contribution in [0.3, 0.4) is 0 Å². The Balaban J connectivity index is 1.73. The molecule has 1 amide bonds. The molecule has 0 radical (unpaired) electrons. The van der Waals surface area contributed by atoms with Crippen LogP contribution in [0.15, 0.2) is 35.4 Å². The average Bonchev–Trinajstić information content (AvgIpc) is 3.33. The zero-order valence-corrected chi connectivity index (χ0v) is 28.0. The fourth-order valence-corrected chi connectivity index (χ4v) is 8.06. The minimum Gasteiger partial charge on any atom is -0.400 e. The van der Waals surface area contributed by atoms with Gasteiger partial charge in [-0.1, -0.05) is 44.6 Å². The smallest absolute Gasteiger partial charge is 0.233 e. The maximum atomic E-state index is 13.6. The Labute approximate surface area is 242 Å². The summed E-state index contributed by atoms with van der Waals surface area (Å²) in [6.45, 7) is 10.5. The van der Waals surface area contributed by atoms with E-state index in [9.17, 15) is 13.2 Å². The summed E-state index contributed by atoms with van der Waals surface area (Å²) in [6.07, 6.45) is 5.96. The first-order chi connectivity index (χ1) is 18.4. The molecular weight excluding hydrogens is 574 g/mol. The highest BCUT2D eigenvalue weighted by molar-refractivity contribution is 7.90. The molecule has 3 rings (SSSR count). The number of carbonyl (C=O) groups is 1. The molecule has 1 aliphatic heterocycles. The number of carbonyl (C=O) groups excluding carboxylic acids is 1.